The van der Waals surface area contributed by atoms with Gasteiger partial charge in [0, 0.05) is 17.9 Å². The number of nitrogens with zero attached hydrogens (tertiary/aromatic N) is 2. The van der Waals surface area contributed by atoms with Crippen LogP contribution in [0.5, 0.6) is 0 Å². The molecule has 6 heteroatoms. The van der Waals surface area contributed by atoms with Crippen molar-refractivity contribution in [3.05, 3.63) is 35.5 Å². The minimum Gasteiger partial charge on any atom is -0.464 e. The molecule has 134 valence electrons. The van der Waals surface area contributed by atoms with E-state index in [0.29, 0.717) is 17.5 Å². The van der Waals surface area contributed by atoms with Crippen molar-refractivity contribution in [2.75, 3.05) is 18.4 Å². The molecule has 1 N–H and O–H groups in total. The molecule has 0 radical (unpaired) electrons. The van der Waals surface area contributed by atoms with Crippen LogP contribution >= 0.6 is 0 Å². The van der Waals surface area contributed by atoms with Crippen LogP contribution in [0, 0.1) is 18.8 Å². The molecule has 2 atom stereocenters. The Morgan fingerprint density at radius 2 is 2.12 bits per heavy atom. The van der Waals surface area contributed by atoms with Gasteiger partial charge in [0.25, 0.3) is 0 Å². The summed E-state index contributed by atoms with van der Waals surface area (Å²) >= 11 is 0. The average Bonchev–Trinajstić information content (AvgIpc) is 2.96. The number of aryl methyl sites for hydroxylation is 1. The highest BCUT2D eigenvalue weighted by Crippen LogP contribution is 2.47. The highest BCUT2D eigenvalue weighted by Gasteiger charge is 2.36. The predicted molar refractivity (Wildman–Crippen MR) is 93.1 cm³/mol. The van der Waals surface area contributed by atoms with Gasteiger partial charge < -0.3 is 14.3 Å². The largest absolute Gasteiger partial charge is 0.464 e. The number of likely N-dealkylation sites (tertiary alicyclic amines) is 1. The lowest BCUT2D eigenvalue weighted by Crippen LogP contribution is -2.37. The van der Waals surface area contributed by atoms with Crippen molar-refractivity contribution in [3.8, 4) is 0 Å². The molecule has 1 aliphatic heterocycles. The zero-order valence-electron chi connectivity index (χ0n) is 14.8. The van der Waals surface area contributed by atoms with E-state index in [1.54, 1.807) is 6.07 Å². The summed E-state index contributed by atoms with van der Waals surface area (Å²) in [6.07, 6.45) is 2.96. The molecular weight excluding hydrogens is 318 g/mol. The van der Waals surface area contributed by atoms with Crippen LogP contribution < -0.4 is 5.32 Å². The van der Waals surface area contributed by atoms with E-state index in [2.05, 4.69) is 34.4 Å². The fourth-order valence-corrected chi connectivity index (χ4v) is 3.62. The molecule has 0 aromatic carbocycles. The first kappa shape index (κ1) is 16.4. The first-order valence-corrected chi connectivity index (χ1v) is 9.13. The van der Waals surface area contributed by atoms with E-state index in [0.717, 1.165) is 49.9 Å². The zero-order chi connectivity index (χ0) is 17.4. The Morgan fingerprint density at radius 3 is 2.76 bits per heavy atom. The van der Waals surface area contributed by atoms with Crippen molar-refractivity contribution >= 4 is 11.7 Å². The molecule has 1 amide bonds. The molecule has 1 saturated carbocycles. The monoisotopic (exact) mass is 343 g/mol. The second-order valence-electron chi connectivity index (χ2n) is 7.49. The Labute approximate surface area is 147 Å². The molecular formula is C19H25N3O3. The normalized spacial score (nSPS) is 24.4. The number of hydrogen-bond donors (Lipinski definition) is 1. The molecule has 3 heterocycles. The minimum atomic E-state index is 0.0349. The number of piperidine rings is 1. The van der Waals surface area contributed by atoms with Gasteiger partial charge in [0.15, 0.2) is 5.82 Å². The van der Waals surface area contributed by atoms with Gasteiger partial charge in [-0.1, -0.05) is 12.1 Å². The van der Waals surface area contributed by atoms with Crippen molar-refractivity contribution < 1.29 is 13.7 Å². The Balaban J connectivity index is 1.25. The molecule has 0 unspecified atom stereocenters. The summed E-state index contributed by atoms with van der Waals surface area (Å²) in [5, 5.41) is 6.66. The molecule has 4 rings (SSSR count). The lowest BCUT2D eigenvalue weighted by molar-refractivity contribution is -0.121. The van der Waals surface area contributed by atoms with Crippen LogP contribution in [0.1, 0.15) is 49.4 Å². The van der Waals surface area contributed by atoms with E-state index in [9.17, 15) is 4.79 Å². The summed E-state index contributed by atoms with van der Waals surface area (Å²) in [5.74, 6) is 4.84. The Hall–Kier alpha value is -2.08. The fraction of sp³-hybridized carbons (Fsp3) is 0.579. The molecule has 2 aromatic rings. The maximum absolute atomic E-state index is 12.3. The molecule has 2 aliphatic rings. The second kappa shape index (κ2) is 6.67. The number of nitrogens with one attached hydrogen (secondary N) is 1. The van der Waals surface area contributed by atoms with Crippen molar-refractivity contribution in [2.45, 2.75) is 45.6 Å². The molecule has 6 nitrogen and oxygen atoms in total. The predicted octanol–water partition coefficient (Wildman–Crippen LogP) is 3.55. The molecule has 1 aliphatic carbocycles. The maximum Gasteiger partial charge on any atom is 0.228 e. The van der Waals surface area contributed by atoms with Gasteiger partial charge in [0.2, 0.25) is 5.91 Å². The van der Waals surface area contributed by atoms with Crippen LogP contribution in [0.25, 0.3) is 0 Å². The fourth-order valence-electron chi connectivity index (χ4n) is 3.62. The lowest BCUT2D eigenvalue weighted by atomic mass is 9.96. The third kappa shape index (κ3) is 3.79. The number of carbonyl (C=O) groups excluding carboxylic acids is 1. The molecule has 0 spiro atoms. The molecule has 2 aromatic heterocycles. The first-order valence-electron chi connectivity index (χ1n) is 9.13. The Kier molecular flexibility index (Phi) is 4.37. The van der Waals surface area contributed by atoms with Gasteiger partial charge in [-0.2, -0.15) is 0 Å². The zero-order valence-corrected chi connectivity index (χ0v) is 14.8. The van der Waals surface area contributed by atoms with Crippen LogP contribution in [0.3, 0.4) is 0 Å². The minimum absolute atomic E-state index is 0.0349. The summed E-state index contributed by atoms with van der Waals surface area (Å²) in [5.41, 5.74) is 0. The van der Waals surface area contributed by atoms with Gasteiger partial charge in [0.05, 0.1) is 6.54 Å². The van der Waals surface area contributed by atoms with Crippen LogP contribution in [0.2, 0.25) is 0 Å². The number of amides is 1. The highest BCUT2D eigenvalue weighted by atomic mass is 16.5. The highest BCUT2D eigenvalue weighted by molar-refractivity contribution is 5.91. The lowest BCUT2D eigenvalue weighted by Gasteiger charge is -2.30. The van der Waals surface area contributed by atoms with Gasteiger partial charge in [-0.3, -0.25) is 9.69 Å². The van der Waals surface area contributed by atoms with Crippen LogP contribution in [0.15, 0.2) is 27.1 Å². The summed E-state index contributed by atoms with van der Waals surface area (Å²) in [6.45, 7) is 6.73. The number of hydrogen-bond acceptors (Lipinski definition) is 5. The standard InChI is InChI=1S/C19H25N3O3/c1-12-9-16(12)17-4-3-15(24-17)11-22-7-5-14(6-8-22)19(23)20-18-10-13(2)25-21-18/h3-4,10,12,14,16H,5-9,11H2,1-2H3,(H,20,21,23)/t12-,16-/m0/s1. The first-order chi connectivity index (χ1) is 12.1. The second-order valence-corrected chi connectivity index (χ2v) is 7.49. The third-order valence-electron chi connectivity index (χ3n) is 5.37. The average molecular weight is 343 g/mol. The van der Waals surface area contributed by atoms with Crippen molar-refractivity contribution in [3.63, 3.8) is 0 Å². The molecule has 0 bridgehead atoms. The van der Waals surface area contributed by atoms with E-state index in [4.69, 9.17) is 8.94 Å². The summed E-state index contributed by atoms with van der Waals surface area (Å²) < 4.78 is 11.0. The molecule has 25 heavy (non-hydrogen) atoms. The van der Waals surface area contributed by atoms with Crippen molar-refractivity contribution in [2.24, 2.45) is 11.8 Å². The van der Waals surface area contributed by atoms with E-state index < -0.39 is 0 Å². The number of carbonyl (C=O) groups is 1. The van der Waals surface area contributed by atoms with Gasteiger partial charge in [-0.05, 0) is 57.3 Å². The van der Waals surface area contributed by atoms with Crippen molar-refractivity contribution in [1.82, 2.24) is 10.1 Å². The third-order valence-corrected chi connectivity index (χ3v) is 5.37. The van der Waals surface area contributed by atoms with E-state index >= 15 is 0 Å². The Morgan fingerprint density at radius 1 is 1.36 bits per heavy atom. The molecule has 2 fully saturated rings. The van der Waals surface area contributed by atoms with Gasteiger partial charge in [-0.25, -0.2) is 0 Å². The summed E-state index contributed by atoms with van der Waals surface area (Å²) in [6, 6.07) is 5.97. The van der Waals surface area contributed by atoms with Gasteiger partial charge in [0.1, 0.15) is 17.3 Å². The van der Waals surface area contributed by atoms with Crippen LogP contribution in [-0.2, 0) is 11.3 Å². The van der Waals surface area contributed by atoms with Gasteiger partial charge in [-0.15, -0.1) is 0 Å². The van der Waals surface area contributed by atoms with Crippen LogP contribution in [-0.4, -0.2) is 29.1 Å². The topological polar surface area (TPSA) is 71.5 Å². The van der Waals surface area contributed by atoms with E-state index in [-0.39, 0.29) is 11.8 Å². The SMILES string of the molecule is Cc1cc(NC(=O)C2CCN(Cc3ccc([C@H]4C[C@@H]4C)o3)CC2)no1. The van der Waals surface area contributed by atoms with E-state index in [1.807, 2.05) is 6.92 Å². The van der Waals surface area contributed by atoms with Crippen LogP contribution in [0.4, 0.5) is 5.82 Å². The van der Waals surface area contributed by atoms with Gasteiger partial charge >= 0.3 is 0 Å². The summed E-state index contributed by atoms with van der Waals surface area (Å²) in [7, 11) is 0. The van der Waals surface area contributed by atoms with Crippen molar-refractivity contribution in [1.29, 1.82) is 0 Å². The van der Waals surface area contributed by atoms with E-state index in [1.165, 1.54) is 6.42 Å². The smallest absolute Gasteiger partial charge is 0.228 e. The summed E-state index contributed by atoms with van der Waals surface area (Å²) in [4.78, 5) is 14.7. The number of furan rings is 1. The Bertz CT molecular complexity index is 743. The maximum atomic E-state index is 12.3. The number of aromatic nitrogens is 1. The molecule has 1 saturated heterocycles. The number of rotatable bonds is 5. The number of anilines is 1. The quantitative estimate of drug-likeness (QED) is 0.899.